The van der Waals surface area contributed by atoms with Gasteiger partial charge in [-0.25, -0.2) is 4.98 Å². The first-order valence-electron chi connectivity index (χ1n) is 32.2. The number of halogens is 1. The molecule has 1 aliphatic carbocycles. The Labute approximate surface area is 551 Å². The molecule has 3 aromatic carbocycles. The third-order valence-electron chi connectivity index (χ3n) is 16.1. The lowest BCUT2D eigenvalue weighted by Gasteiger charge is -2.63. The monoisotopic (exact) mass is 1310 g/mol. The highest BCUT2D eigenvalue weighted by Crippen LogP contribution is 2.55. The van der Waals surface area contributed by atoms with Gasteiger partial charge in [-0.15, -0.1) is 0 Å². The molecule has 0 bridgehead atoms. The van der Waals surface area contributed by atoms with Crippen molar-refractivity contribution in [2.75, 3.05) is 195 Å². The number of carbonyl (C=O) groups excluding carboxylic acids is 2. The number of ether oxygens (including phenoxy) is 14. The minimum Gasteiger partial charge on any atom is -0.491 e. The minimum atomic E-state index is -0.371. The topological polar surface area (TPSA) is 256 Å². The van der Waals surface area contributed by atoms with E-state index in [1.807, 2.05) is 30.3 Å². The zero-order valence-electron chi connectivity index (χ0n) is 54.7. The lowest BCUT2D eigenvalue weighted by atomic mass is 9.49. The van der Waals surface area contributed by atoms with E-state index in [2.05, 4.69) is 68.0 Å². The maximum absolute atomic E-state index is 13.3. The zero-order valence-corrected chi connectivity index (χ0v) is 55.5. The van der Waals surface area contributed by atoms with Crippen LogP contribution in [-0.2, 0) is 56.8 Å². The highest BCUT2D eigenvalue weighted by Gasteiger charge is 2.64. The van der Waals surface area contributed by atoms with Crippen LogP contribution in [0.15, 0.2) is 78.9 Å². The van der Waals surface area contributed by atoms with Gasteiger partial charge in [-0.3, -0.25) is 9.59 Å². The van der Waals surface area contributed by atoms with Crippen LogP contribution in [0.2, 0.25) is 5.02 Å². The van der Waals surface area contributed by atoms with Gasteiger partial charge in [-0.1, -0.05) is 51.4 Å². The number of hydrogen-bond donors (Lipinski definition) is 2. The molecule has 4 heterocycles. The van der Waals surface area contributed by atoms with Crippen LogP contribution in [0.4, 0.5) is 11.8 Å². The van der Waals surface area contributed by atoms with E-state index in [4.69, 9.17) is 92.9 Å². The van der Waals surface area contributed by atoms with Crippen molar-refractivity contribution in [2.45, 2.75) is 65.8 Å². The molecule has 3 fully saturated rings. The second-order valence-electron chi connectivity index (χ2n) is 23.8. The van der Waals surface area contributed by atoms with Gasteiger partial charge in [0.2, 0.25) is 5.95 Å². The molecule has 5 aromatic rings. The molecule has 93 heavy (non-hydrogen) atoms. The number of aromatic nitrogens is 3. The SMILES string of the molecule is C[C@@H]1COCCN1c1nc(N2CCOC[C@H]2C)c2ccc(-c3cccc(C(=O)NCCOCCOCCOCCOCCOCCOCCOCCOCCOCCOCCOc4ccc(C(=O)NC5C(C)(C)C(Oc6ccc(C#N)c(Cl)c6)C5(C)C)cc4)c3)nc2n1. The summed E-state index contributed by atoms with van der Waals surface area (Å²) in [6.45, 7) is 25.8. The van der Waals surface area contributed by atoms with Crippen molar-refractivity contribution in [1.82, 2.24) is 25.6 Å². The summed E-state index contributed by atoms with van der Waals surface area (Å²) >= 11 is 6.23. The van der Waals surface area contributed by atoms with Crippen LogP contribution in [0.3, 0.4) is 0 Å². The Morgan fingerprint density at radius 3 is 1.60 bits per heavy atom. The molecule has 0 spiro atoms. The minimum absolute atomic E-state index is 0.125. The van der Waals surface area contributed by atoms with Gasteiger partial charge in [-0.2, -0.15) is 15.2 Å². The lowest BCUT2D eigenvalue weighted by molar-refractivity contribution is -0.164. The van der Waals surface area contributed by atoms with E-state index in [1.165, 1.54) is 0 Å². The normalized spacial score (nSPS) is 18.4. The van der Waals surface area contributed by atoms with E-state index in [1.54, 1.807) is 48.5 Å². The summed E-state index contributed by atoms with van der Waals surface area (Å²) in [6, 6.07) is 25.7. The molecule has 25 heteroatoms. The van der Waals surface area contributed by atoms with Crippen molar-refractivity contribution in [2.24, 2.45) is 10.8 Å². The van der Waals surface area contributed by atoms with E-state index in [9.17, 15) is 14.9 Å². The molecule has 8 rings (SSSR count). The number of pyridine rings is 1. The Balaban J connectivity index is 0.537. The second kappa shape index (κ2) is 38.2. The van der Waals surface area contributed by atoms with Gasteiger partial charge in [0.1, 0.15) is 36.1 Å². The highest BCUT2D eigenvalue weighted by atomic mass is 35.5. The third kappa shape index (κ3) is 22.1. The molecule has 508 valence electrons. The van der Waals surface area contributed by atoms with Crippen molar-refractivity contribution in [3.05, 3.63) is 101 Å². The number of carbonyl (C=O) groups is 2. The Hall–Kier alpha value is -6.41. The van der Waals surface area contributed by atoms with Crippen molar-refractivity contribution in [3.63, 3.8) is 0 Å². The Morgan fingerprint density at radius 2 is 1.09 bits per heavy atom. The fourth-order valence-corrected chi connectivity index (χ4v) is 11.7. The largest absolute Gasteiger partial charge is 0.491 e. The molecule has 0 radical (unpaired) electrons. The Kier molecular flexibility index (Phi) is 29.8. The van der Waals surface area contributed by atoms with Crippen LogP contribution in [0.25, 0.3) is 22.3 Å². The summed E-state index contributed by atoms with van der Waals surface area (Å²) in [5, 5.41) is 16.6. The maximum atomic E-state index is 13.3. The smallest absolute Gasteiger partial charge is 0.251 e. The quantitative estimate of drug-likeness (QED) is 0.0365. The average molecular weight is 1310 g/mol. The van der Waals surface area contributed by atoms with Gasteiger partial charge in [0.05, 0.1) is 192 Å². The van der Waals surface area contributed by atoms with Crippen LogP contribution in [-0.4, -0.2) is 236 Å². The number of benzene rings is 3. The molecule has 3 aliphatic rings. The number of nitrogens with one attached hydrogen (secondary N) is 2. The summed E-state index contributed by atoms with van der Waals surface area (Å²) in [4.78, 5) is 46.0. The molecule has 2 N–H and O–H groups in total. The zero-order chi connectivity index (χ0) is 65.7. The van der Waals surface area contributed by atoms with E-state index in [0.29, 0.717) is 229 Å². The van der Waals surface area contributed by atoms with Gasteiger partial charge >= 0.3 is 0 Å². The molecule has 2 aliphatic heterocycles. The average Bonchev–Trinajstić information content (AvgIpc) is 0.713. The van der Waals surface area contributed by atoms with Gasteiger partial charge in [-0.05, 0) is 74.5 Å². The van der Waals surface area contributed by atoms with Crippen molar-refractivity contribution < 1.29 is 75.9 Å². The number of rotatable bonds is 42. The standard InChI is InChI=1S/C68H93ClN8O16/c1-49-47-90-22-19-76(49)61-57-16-17-59(72-60(57)73-66(74-61)77-20-23-91-48-50(77)2)52-8-7-9-53(44-52)62(78)71-18-21-80-24-25-81-26-27-82-28-29-83-30-31-84-32-33-85-34-35-86-36-37-87-38-39-88-40-41-89-42-43-92-55-13-10-51(11-14-55)63(79)75-64-67(3,4)65(68(64,5)6)93-56-15-12-54(46-70)58(69)45-56/h7-17,44-45,49-50,64-65H,18-43,47-48H2,1-6H3,(H,71,78)(H,75,79)/t49-,50-,64?,65?/m1/s1. The van der Waals surface area contributed by atoms with Crippen LogP contribution in [0, 0.1) is 22.2 Å². The fraction of sp³-hybridized carbons (Fsp3) is 0.588. The summed E-state index contributed by atoms with van der Waals surface area (Å²) < 4.78 is 79.5. The van der Waals surface area contributed by atoms with Crippen LogP contribution in [0.1, 0.15) is 67.8 Å². The molecule has 2 atom stereocenters. The predicted molar refractivity (Wildman–Crippen MR) is 350 cm³/mol. The number of anilines is 2. The highest BCUT2D eigenvalue weighted by molar-refractivity contribution is 6.31. The summed E-state index contributed by atoms with van der Waals surface area (Å²) in [7, 11) is 0. The summed E-state index contributed by atoms with van der Waals surface area (Å²) in [5.41, 5.74) is 2.82. The number of hydrogen-bond acceptors (Lipinski definition) is 22. The van der Waals surface area contributed by atoms with Crippen molar-refractivity contribution in [3.8, 4) is 28.8 Å². The van der Waals surface area contributed by atoms with Gasteiger partial charge in [0.15, 0.2) is 5.65 Å². The number of fused-ring (bicyclic) bond motifs is 1. The van der Waals surface area contributed by atoms with Crippen LogP contribution < -0.4 is 29.9 Å². The van der Waals surface area contributed by atoms with Gasteiger partial charge in [0, 0.05) is 59.3 Å². The van der Waals surface area contributed by atoms with E-state index < -0.39 is 0 Å². The molecule has 0 unspecified atom stereocenters. The molecule has 2 aromatic heterocycles. The number of amides is 2. The van der Waals surface area contributed by atoms with Crippen LogP contribution in [0.5, 0.6) is 11.5 Å². The Bertz CT molecular complexity index is 3110. The molecule has 24 nitrogen and oxygen atoms in total. The number of nitriles is 1. The first-order chi connectivity index (χ1) is 45.2. The second-order valence-corrected chi connectivity index (χ2v) is 24.2. The first kappa shape index (κ1) is 72.4. The molecule has 2 saturated heterocycles. The van der Waals surface area contributed by atoms with Crippen molar-refractivity contribution >= 4 is 46.2 Å². The van der Waals surface area contributed by atoms with E-state index in [0.717, 1.165) is 23.3 Å². The number of nitrogens with zero attached hydrogens (tertiary/aromatic N) is 6. The third-order valence-corrected chi connectivity index (χ3v) is 16.4. The Morgan fingerprint density at radius 1 is 0.581 bits per heavy atom. The molecule has 1 saturated carbocycles. The first-order valence-corrected chi connectivity index (χ1v) is 32.6. The summed E-state index contributed by atoms with van der Waals surface area (Å²) in [5.74, 6) is 2.32. The van der Waals surface area contributed by atoms with Crippen LogP contribution >= 0.6 is 11.6 Å². The molecule has 2 amide bonds. The van der Waals surface area contributed by atoms with Gasteiger partial charge in [0.25, 0.3) is 11.8 Å². The maximum Gasteiger partial charge on any atom is 0.251 e. The number of morpholine rings is 2. The van der Waals surface area contributed by atoms with E-state index in [-0.39, 0.29) is 46.9 Å². The van der Waals surface area contributed by atoms with E-state index >= 15 is 0 Å². The lowest BCUT2D eigenvalue weighted by Crippen LogP contribution is -2.74. The van der Waals surface area contributed by atoms with Crippen molar-refractivity contribution in [1.29, 1.82) is 5.26 Å². The van der Waals surface area contributed by atoms with Gasteiger partial charge < -0.3 is 86.7 Å². The predicted octanol–water partition coefficient (Wildman–Crippen LogP) is 7.25. The summed E-state index contributed by atoms with van der Waals surface area (Å²) in [6.07, 6.45) is -0.198. The fourth-order valence-electron chi connectivity index (χ4n) is 11.5. The molecular weight excluding hydrogens is 1220 g/mol. The molecular formula is C68H93ClN8O16.